The van der Waals surface area contributed by atoms with Crippen molar-refractivity contribution < 1.29 is 9.90 Å². The molecule has 1 aliphatic carbocycles. The second-order valence-electron chi connectivity index (χ2n) is 4.93. The number of rotatable bonds is 3. The third-order valence-corrected chi connectivity index (χ3v) is 3.60. The van der Waals surface area contributed by atoms with E-state index in [0.717, 1.165) is 44.2 Å². The Bertz CT molecular complexity index is 389. The Hall–Kier alpha value is -1.39. The molecule has 0 bridgehead atoms. The topological polar surface area (TPSA) is 68.0 Å². The first-order chi connectivity index (χ1) is 8.16. The highest BCUT2D eigenvalue weighted by Crippen LogP contribution is 2.31. The highest BCUT2D eigenvalue weighted by Gasteiger charge is 2.30. The zero-order valence-electron chi connectivity index (χ0n) is 10.2. The molecule has 94 valence electrons. The number of aryl methyl sites for hydroxylation is 1. The lowest BCUT2D eigenvalue weighted by Crippen LogP contribution is -2.24. The summed E-state index contributed by atoms with van der Waals surface area (Å²) in [5.41, 5.74) is 0.908. The van der Waals surface area contributed by atoms with Gasteiger partial charge in [0, 0.05) is 13.2 Å². The van der Waals surface area contributed by atoms with E-state index in [1.54, 1.807) is 4.68 Å². The van der Waals surface area contributed by atoms with Crippen LogP contribution in [0.4, 0.5) is 0 Å². The molecule has 1 N–H and O–H groups in total. The van der Waals surface area contributed by atoms with Crippen LogP contribution in [0.25, 0.3) is 0 Å². The van der Waals surface area contributed by atoms with Crippen molar-refractivity contribution in [1.29, 1.82) is 0 Å². The standard InChI is InChI=1S/C12H19N3O2/c1-15-8-10(13-14-15)7-9-5-3-2-4-6-11(9)12(16)17/h8-9,11H,2-7H2,1H3,(H,16,17). The van der Waals surface area contributed by atoms with Crippen molar-refractivity contribution in [3.8, 4) is 0 Å². The van der Waals surface area contributed by atoms with Crippen LogP contribution in [0.1, 0.15) is 37.8 Å². The number of hydrogen-bond donors (Lipinski definition) is 1. The second-order valence-corrected chi connectivity index (χ2v) is 4.93. The maximum Gasteiger partial charge on any atom is 0.306 e. The third-order valence-electron chi connectivity index (χ3n) is 3.60. The zero-order valence-corrected chi connectivity index (χ0v) is 10.2. The Morgan fingerprint density at radius 1 is 1.47 bits per heavy atom. The lowest BCUT2D eigenvalue weighted by atomic mass is 9.85. The van der Waals surface area contributed by atoms with E-state index in [2.05, 4.69) is 10.3 Å². The van der Waals surface area contributed by atoms with Gasteiger partial charge < -0.3 is 5.11 Å². The van der Waals surface area contributed by atoms with Gasteiger partial charge in [0.1, 0.15) is 0 Å². The van der Waals surface area contributed by atoms with Crippen LogP contribution in [0.2, 0.25) is 0 Å². The van der Waals surface area contributed by atoms with Crippen LogP contribution < -0.4 is 0 Å². The predicted octanol–water partition coefficient (Wildman–Crippen LogP) is 1.64. The molecule has 0 saturated heterocycles. The number of hydrogen-bond acceptors (Lipinski definition) is 3. The van der Waals surface area contributed by atoms with Gasteiger partial charge in [0.05, 0.1) is 11.6 Å². The van der Waals surface area contributed by atoms with Crippen LogP contribution in [0.3, 0.4) is 0 Å². The average Bonchev–Trinajstić information content (AvgIpc) is 2.55. The fraction of sp³-hybridized carbons (Fsp3) is 0.750. The van der Waals surface area contributed by atoms with E-state index in [-0.39, 0.29) is 11.8 Å². The number of carboxylic acid groups (broad SMARTS) is 1. The quantitative estimate of drug-likeness (QED) is 0.811. The largest absolute Gasteiger partial charge is 0.481 e. The maximum absolute atomic E-state index is 11.3. The SMILES string of the molecule is Cn1cc(CC2CCCCCC2C(=O)O)nn1. The second kappa shape index (κ2) is 5.29. The summed E-state index contributed by atoms with van der Waals surface area (Å²) in [7, 11) is 1.83. The number of carbonyl (C=O) groups is 1. The first-order valence-corrected chi connectivity index (χ1v) is 6.25. The van der Waals surface area contributed by atoms with Crippen LogP contribution in [0, 0.1) is 11.8 Å². The predicted molar refractivity (Wildman–Crippen MR) is 62.4 cm³/mol. The van der Waals surface area contributed by atoms with Gasteiger partial charge in [0.25, 0.3) is 0 Å². The summed E-state index contributed by atoms with van der Waals surface area (Å²) in [6, 6.07) is 0. The highest BCUT2D eigenvalue weighted by atomic mass is 16.4. The smallest absolute Gasteiger partial charge is 0.306 e. The Morgan fingerprint density at radius 3 is 2.88 bits per heavy atom. The summed E-state index contributed by atoms with van der Waals surface area (Å²) in [5.74, 6) is -0.646. The van der Waals surface area contributed by atoms with Gasteiger partial charge in [-0.1, -0.05) is 24.5 Å². The van der Waals surface area contributed by atoms with Crippen LogP contribution in [-0.4, -0.2) is 26.1 Å². The van der Waals surface area contributed by atoms with Gasteiger partial charge in [-0.25, -0.2) is 0 Å². The van der Waals surface area contributed by atoms with E-state index < -0.39 is 5.97 Å². The molecule has 1 aliphatic rings. The molecule has 1 fully saturated rings. The highest BCUT2D eigenvalue weighted by molar-refractivity contribution is 5.70. The fourth-order valence-electron chi connectivity index (χ4n) is 2.71. The molecular weight excluding hydrogens is 218 g/mol. The maximum atomic E-state index is 11.3. The molecule has 1 saturated carbocycles. The van der Waals surface area contributed by atoms with Crippen LogP contribution in [-0.2, 0) is 18.3 Å². The fourth-order valence-corrected chi connectivity index (χ4v) is 2.71. The summed E-state index contributed by atoms with van der Waals surface area (Å²) < 4.78 is 1.67. The number of nitrogens with zero attached hydrogens (tertiary/aromatic N) is 3. The van der Waals surface area contributed by atoms with Gasteiger partial charge in [-0.05, 0) is 25.2 Å². The molecule has 1 aromatic heterocycles. The molecule has 0 radical (unpaired) electrons. The molecular formula is C12H19N3O2. The van der Waals surface area contributed by atoms with E-state index in [0.29, 0.717) is 0 Å². The van der Waals surface area contributed by atoms with Gasteiger partial charge in [0.2, 0.25) is 0 Å². The molecule has 1 heterocycles. The first-order valence-electron chi connectivity index (χ1n) is 6.25. The molecule has 2 atom stereocenters. The third kappa shape index (κ3) is 3.05. The van der Waals surface area contributed by atoms with E-state index in [1.807, 2.05) is 13.2 Å². The van der Waals surface area contributed by atoms with Crippen molar-refractivity contribution in [3.63, 3.8) is 0 Å². The molecule has 0 amide bonds. The average molecular weight is 237 g/mol. The van der Waals surface area contributed by atoms with Crippen molar-refractivity contribution in [2.24, 2.45) is 18.9 Å². The summed E-state index contributed by atoms with van der Waals surface area (Å²) in [6.07, 6.45) is 7.74. The van der Waals surface area contributed by atoms with Crippen molar-refractivity contribution in [2.45, 2.75) is 38.5 Å². The molecule has 5 heteroatoms. The van der Waals surface area contributed by atoms with Crippen molar-refractivity contribution in [1.82, 2.24) is 15.0 Å². The molecule has 2 rings (SSSR count). The van der Waals surface area contributed by atoms with E-state index >= 15 is 0 Å². The van der Waals surface area contributed by atoms with Crippen LogP contribution in [0.15, 0.2) is 6.20 Å². The normalized spacial score (nSPS) is 25.5. The Morgan fingerprint density at radius 2 is 2.24 bits per heavy atom. The van der Waals surface area contributed by atoms with Crippen molar-refractivity contribution >= 4 is 5.97 Å². The van der Waals surface area contributed by atoms with Crippen molar-refractivity contribution in [3.05, 3.63) is 11.9 Å². The van der Waals surface area contributed by atoms with Crippen LogP contribution in [0.5, 0.6) is 0 Å². The van der Waals surface area contributed by atoms with Gasteiger partial charge in [-0.3, -0.25) is 9.48 Å². The molecule has 0 spiro atoms. The van der Waals surface area contributed by atoms with E-state index in [4.69, 9.17) is 0 Å². The summed E-state index contributed by atoms with van der Waals surface area (Å²) in [5, 5.41) is 17.2. The van der Waals surface area contributed by atoms with Gasteiger partial charge in [0.15, 0.2) is 0 Å². The number of aliphatic carboxylic acids is 1. The van der Waals surface area contributed by atoms with Gasteiger partial charge in [-0.2, -0.15) is 0 Å². The van der Waals surface area contributed by atoms with Crippen LogP contribution >= 0.6 is 0 Å². The first kappa shape index (κ1) is 12.1. The molecule has 2 unspecified atom stereocenters. The molecule has 1 aromatic rings. The van der Waals surface area contributed by atoms with Gasteiger partial charge >= 0.3 is 5.97 Å². The van der Waals surface area contributed by atoms with Gasteiger partial charge in [-0.15, -0.1) is 5.10 Å². The molecule has 17 heavy (non-hydrogen) atoms. The molecule has 0 aliphatic heterocycles. The molecule has 0 aromatic carbocycles. The van der Waals surface area contributed by atoms with Crippen molar-refractivity contribution in [2.75, 3.05) is 0 Å². The number of aromatic nitrogens is 3. The minimum absolute atomic E-state index is 0.209. The zero-order chi connectivity index (χ0) is 12.3. The monoisotopic (exact) mass is 237 g/mol. The summed E-state index contributed by atoms with van der Waals surface area (Å²) in [4.78, 5) is 11.3. The lowest BCUT2D eigenvalue weighted by Gasteiger charge is -2.20. The Labute approximate surface area is 101 Å². The van der Waals surface area contributed by atoms with E-state index in [9.17, 15) is 9.90 Å². The summed E-state index contributed by atoms with van der Waals surface area (Å²) in [6.45, 7) is 0. The lowest BCUT2D eigenvalue weighted by molar-refractivity contribution is -0.143. The minimum Gasteiger partial charge on any atom is -0.481 e. The summed E-state index contributed by atoms with van der Waals surface area (Å²) >= 11 is 0. The number of carboxylic acids is 1. The Kier molecular flexibility index (Phi) is 3.76. The molecule has 5 nitrogen and oxygen atoms in total. The minimum atomic E-state index is -0.652. The van der Waals surface area contributed by atoms with E-state index in [1.165, 1.54) is 0 Å². The Balaban J connectivity index is 2.07.